The third-order valence-electron chi connectivity index (χ3n) is 4.95. The minimum Gasteiger partial charge on any atom is -0.337 e. The van der Waals surface area contributed by atoms with E-state index in [1.54, 1.807) is 32.7 Å². The average Bonchev–Trinajstić information content (AvgIpc) is 2.79. The van der Waals surface area contributed by atoms with Crippen molar-refractivity contribution >= 4 is 15.9 Å². The molecule has 2 rings (SSSR count). The molecule has 0 aliphatic carbocycles. The van der Waals surface area contributed by atoms with Gasteiger partial charge in [0.1, 0.15) is 4.90 Å². The molecule has 1 aliphatic rings. The van der Waals surface area contributed by atoms with Crippen LogP contribution in [0.25, 0.3) is 0 Å². The highest BCUT2D eigenvalue weighted by atomic mass is 32.2. The first-order chi connectivity index (χ1) is 11.6. The molecule has 3 atom stereocenters. The number of amides is 1. The van der Waals surface area contributed by atoms with E-state index in [0.29, 0.717) is 30.4 Å². The second-order valence-electron chi connectivity index (χ2n) is 7.02. The molecule has 8 nitrogen and oxygen atoms in total. The first-order valence-corrected chi connectivity index (χ1v) is 10.1. The predicted molar refractivity (Wildman–Crippen MR) is 95.4 cm³/mol. The van der Waals surface area contributed by atoms with E-state index >= 15 is 0 Å². The van der Waals surface area contributed by atoms with Crippen LogP contribution in [0.2, 0.25) is 0 Å². The molecule has 1 amide bonds. The highest BCUT2D eigenvalue weighted by molar-refractivity contribution is 7.89. The Bertz CT molecular complexity index is 743. The van der Waals surface area contributed by atoms with E-state index in [4.69, 9.17) is 5.73 Å². The van der Waals surface area contributed by atoms with Crippen molar-refractivity contribution in [2.24, 2.45) is 18.7 Å². The first-order valence-electron chi connectivity index (χ1n) is 8.61. The lowest BCUT2D eigenvalue weighted by atomic mass is 9.92. The fraction of sp³-hybridized carbons (Fsp3) is 0.750. The van der Waals surface area contributed by atoms with Crippen molar-refractivity contribution in [3.05, 3.63) is 11.4 Å². The molecule has 0 saturated carbocycles. The number of piperidine rings is 1. The second-order valence-corrected chi connectivity index (χ2v) is 8.67. The number of rotatable bonds is 5. The van der Waals surface area contributed by atoms with Crippen molar-refractivity contribution in [1.29, 1.82) is 0 Å². The number of aromatic nitrogens is 2. The number of hydrogen-bond acceptors (Lipinski definition) is 5. The molecule has 0 spiro atoms. The minimum atomic E-state index is -3.83. The van der Waals surface area contributed by atoms with Gasteiger partial charge in [0.05, 0.1) is 17.4 Å². The summed E-state index contributed by atoms with van der Waals surface area (Å²) in [6.07, 6.45) is 1.76. The Morgan fingerprint density at radius 3 is 2.60 bits per heavy atom. The van der Waals surface area contributed by atoms with Crippen molar-refractivity contribution in [3.63, 3.8) is 0 Å². The van der Waals surface area contributed by atoms with Gasteiger partial charge in [-0.2, -0.15) is 9.82 Å². The van der Waals surface area contributed by atoms with Gasteiger partial charge in [-0.05, 0) is 39.5 Å². The summed E-state index contributed by atoms with van der Waals surface area (Å²) in [5.41, 5.74) is 6.76. The van der Waals surface area contributed by atoms with E-state index in [0.717, 1.165) is 12.8 Å². The molecule has 9 heteroatoms. The number of nitrogens with one attached hydrogen (secondary N) is 1. The minimum absolute atomic E-state index is 0.0370. The number of hydrogen-bond donors (Lipinski definition) is 2. The van der Waals surface area contributed by atoms with Crippen molar-refractivity contribution in [3.8, 4) is 0 Å². The smallest absolute Gasteiger partial charge is 0.244 e. The third-order valence-corrected chi connectivity index (χ3v) is 6.74. The maximum absolute atomic E-state index is 12.8. The number of aryl methyl sites for hydroxylation is 2. The lowest BCUT2D eigenvalue weighted by Gasteiger charge is -2.39. The van der Waals surface area contributed by atoms with Crippen LogP contribution in [0.1, 0.15) is 38.1 Å². The average molecular weight is 372 g/mol. The predicted octanol–water partition coefficient (Wildman–Crippen LogP) is 0.290. The maximum Gasteiger partial charge on any atom is 0.244 e. The molecule has 0 radical (unpaired) electrons. The molecule has 142 valence electrons. The molecule has 1 aliphatic heterocycles. The van der Waals surface area contributed by atoms with Crippen LogP contribution in [0.15, 0.2) is 4.90 Å². The fourth-order valence-electron chi connectivity index (χ4n) is 3.50. The number of likely N-dealkylation sites (tertiary alicyclic amines) is 1. The van der Waals surface area contributed by atoms with Crippen molar-refractivity contribution in [1.82, 2.24) is 19.4 Å². The lowest BCUT2D eigenvalue weighted by molar-refractivity contribution is -0.136. The summed E-state index contributed by atoms with van der Waals surface area (Å²) in [6, 6.07) is -0.892. The summed E-state index contributed by atoms with van der Waals surface area (Å²) in [5.74, 6) is 0.287. The van der Waals surface area contributed by atoms with Crippen LogP contribution in [-0.4, -0.2) is 54.2 Å². The number of carbonyl (C=O) groups is 1. The summed E-state index contributed by atoms with van der Waals surface area (Å²) in [7, 11) is -2.14. The van der Waals surface area contributed by atoms with Crippen LogP contribution < -0.4 is 10.5 Å². The van der Waals surface area contributed by atoms with Gasteiger partial charge in [-0.3, -0.25) is 9.48 Å². The molecule has 1 saturated heterocycles. The quantitative estimate of drug-likeness (QED) is 0.773. The fourth-order valence-corrected chi connectivity index (χ4v) is 5.13. The highest BCUT2D eigenvalue weighted by Crippen LogP contribution is 2.23. The maximum atomic E-state index is 12.8. The van der Waals surface area contributed by atoms with Crippen molar-refractivity contribution in [2.45, 2.75) is 57.5 Å². The first kappa shape index (κ1) is 19.9. The van der Waals surface area contributed by atoms with Crippen molar-refractivity contribution < 1.29 is 13.2 Å². The number of nitrogens with zero attached hydrogens (tertiary/aromatic N) is 3. The molecule has 0 bridgehead atoms. The highest BCUT2D eigenvalue weighted by Gasteiger charge is 2.34. The van der Waals surface area contributed by atoms with E-state index in [1.807, 2.05) is 0 Å². The summed E-state index contributed by atoms with van der Waals surface area (Å²) in [5, 5.41) is 4.14. The number of carbonyl (C=O) groups excluding carboxylic acids is 1. The molecular weight excluding hydrogens is 342 g/mol. The molecule has 1 fully saturated rings. The Morgan fingerprint density at radius 1 is 1.44 bits per heavy atom. The SMILES string of the molecule is Cc1nn(C)c(C)c1S(=O)(=O)NC(C)C(=O)N1CCC(C)CC1CN. The number of sulfonamides is 1. The summed E-state index contributed by atoms with van der Waals surface area (Å²) < 4.78 is 29.5. The van der Waals surface area contributed by atoms with Crippen LogP contribution in [-0.2, 0) is 21.9 Å². The van der Waals surface area contributed by atoms with Crippen LogP contribution in [0.3, 0.4) is 0 Å². The van der Waals surface area contributed by atoms with Gasteiger partial charge in [0.15, 0.2) is 0 Å². The summed E-state index contributed by atoms with van der Waals surface area (Å²) >= 11 is 0. The van der Waals surface area contributed by atoms with Gasteiger partial charge in [0.25, 0.3) is 0 Å². The molecule has 1 aromatic heterocycles. The van der Waals surface area contributed by atoms with Gasteiger partial charge in [-0.15, -0.1) is 0 Å². The van der Waals surface area contributed by atoms with Crippen LogP contribution in [0.5, 0.6) is 0 Å². The molecular formula is C16H29N5O3S. The topological polar surface area (TPSA) is 110 Å². The lowest BCUT2D eigenvalue weighted by Crippen LogP contribution is -2.55. The van der Waals surface area contributed by atoms with Gasteiger partial charge < -0.3 is 10.6 Å². The summed E-state index contributed by atoms with van der Waals surface area (Å²) in [6.45, 7) is 8.05. The van der Waals surface area contributed by atoms with E-state index in [-0.39, 0.29) is 16.8 Å². The monoisotopic (exact) mass is 371 g/mol. The Balaban J connectivity index is 2.17. The van der Waals surface area contributed by atoms with Gasteiger partial charge in [-0.1, -0.05) is 6.92 Å². The Kier molecular flexibility index (Phi) is 5.90. The molecule has 2 heterocycles. The zero-order chi connectivity index (χ0) is 18.9. The van der Waals surface area contributed by atoms with Gasteiger partial charge >= 0.3 is 0 Å². The molecule has 3 unspecified atom stereocenters. The van der Waals surface area contributed by atoms with E-state index < -0.39 is 16.1 Å². The Hall–Kier alpha value is -1.45. The Labute approximate surface area is 149 Å². The molecule has 1 aromatic rings. The van der Waals surface area contributed by atoms with Crippen LogP contribution in [0.4, 0.5) is 0 Å². The normalized spacial score (nSPS) is 22.9. The summed E-state index contributed by atoms with van der Waals surface area (Å²) in [4.78, 5) is 14.6. The van der Waals surface area contributed by atoms with E-state index in [9.17, 15) is 13.2 Å². The van der Waals surface area contributed by atoms with Gasteiger partial charge in [0, 0.05) is 26.2 Å². The largest absolute Gasteiger partial charge is 0.337 e. The van der Waals surface area contributed by atoms with E-state index in [1.165, 1.54) is 4.68 Å². The van der Waals surface area contributed by atoms with Crippen molar-refractivity contribution in [2.75, 3.05) is 13.1 Å². The number of nitrogens with two attached hydrogens (primary N) is 1. The van der Waals surface area contributed by atoms with Crippen LogP contribution >= 0.6 is 0 Å². The van der Waals surface area contributed by atoms with Gasteiger partial charge in [0.2, 0.25) is 15.9 Å². The molecule has 3 N–H and O–H groups in total. The Morgan fingerprint density at radius 2 is 2.08 bits per heavy atom. The standard InChI is InChI=1S/C16H29N5O3S/c1-10-6-7-21(14(8-10)9-17)16(22)12(3)19-25(23,24)15-11(2)18-20(5)13(15)4/h10,12,14,19H,6-9,17H2,1-5H3. The zero-order valence-corrected chi connectivity index (χ0v) is 16.4. The van der Waals surface area contributed by atoms with Crippen LogP contribution in [0, 0.1) is 19.8 Å². The van der Waals surface area contributed by atoms with E-state index in [2.05, 4.69) is 16.7 Å². The molecule has 25 heavy (non-hydrogen) atoms. The molecule has 0 aromatic carbocycles. The second kappa shape index (κ2) is 7.43. The third kappa shape index (κ3) is 4.04. The van der Waals surface area contributed by atoms with Gasteiger partial charge in [-0.25, -0.2) is 8.42 Å². The zero-order valence-electron chi connectivity index (χ0n) is 15.6.